The second-order valence-electron chi connectivity index (χ2n) is 9.27. The maximum Gasteiger partial charge on any atom is 0.255 e. The van der Waals surface area contributed by atoms with Crippen molar-refractivity contribution in [2.45, 2.75) is 37.1 Å². The molecule has 1 saturated carbocycles. The first-order valence-corrected chi connectivity index (χ1v) is 13.5. The molecule has 8 heteroatoms. The van der Waals surface area contributed by atoms with Crippen LogP contribution in [0.3, 0.4) is 0 Å². The van der Waals surface area contributed by atoms with Crippen LogP contribution in [-0.4, -0.2) is 42.4 Å². The van der Waals surface area contributed by atoms with Crippen molar-refractivity contribution in [3.05, 3.63) is 89.1 Å². The van der Waals surface area contributed by atoms with Crippen LogP contribution in [0, 0.1) is 5.92 Å². The molecule has 1 aromatic heterocycles. The zero-order chi connectivity index (χ0) is 24.4. The second kappa shape index (κ2) is 9.62. The molecule has 2 aromatic carbocycles. The smallest absolute Gasteiger partial charge is 0.255 e. The fourth-order valence-corrected chi connectivity index (χ4v) is 6.02. The number of amides is 2. The lowest BCUT2D eigenvalue weighted by Gasteiger charge is -2.28. The van der Waals surface area contributed by atoms with Crippen molar-refractivity contribution >= 4 is 27.5 Å². The van der Waals surface area contributed by atoms with Gasteiger partial charge < -0.3 is 10.2 Å². The highest BCUT2D eigenvalue weighted by Crippen LogP contribution is 2.32. The average Bonchev–Trinajstić information content (AvgIpc) is 3.67. The molecule has 5 rings (SSSR count). The Morgan fingerprint density at radius 3 is 2.40 bits per heavy atom. The van der Waals surface area contributed by atoms with Gasteiger partial charge in [0.1, 0.15) is 5.82 Å². The van der Waals surface area contributed by atoms with Crippen LogP contribution in [0.2, 0.25) is 0 Å². The molecule has 2 heterocycles. The molecule has 2 amide bonds. The molecule has 0 atom stereocenters. The monoisotopic (exact) mass is 489 g/mol. The van der Waals surface area contributed by atoms with Crippen molar-refractivity contribution in [2.75, 3.05) is 17.6 Å². The van der Waals surface area contributed by atoms with E-state index in [1.165, 1.54) is 11.8 Å². The van der Waals surface area contributed by atoms with Gasteiger partial charge in [-0.25, -0.2) is 13.4 Å². The van der Waals surface area contributed by atoms with Crippen molar-refractivity contribution < 1.29 is 18.0 Å². The molecule has 7 nitrogen and oxygen atoms in total. The quantitative estimate of drug-likeness (QED) is 0.547. The summed E-state index contributed by atoms with van der Waals surface area (Å²) in [4.78, 5) is 31.7. The maximum absolute atomic E-state index is 12.9. The molecule has 0 unspecified atom stereocenters. The Morgan fingerprint density at radius 2 is 1.71 bits per heavy atom. The van der Waals surface area contributed by atoms with E-state index in [4.69, 9.17) is 0 Å². The number of nitrogens with one attached hydrogen (secondary N) is 1. The van der Waals surface area contributed by atoms with Gasteiger partial charge in [0.05, 0.1) is 22.6 Å². The number of nitrogens with zero attached hydrogens (tertiary/aromatic N) is 2. The highest BCUT2D eigenvalue weighted by atomic mass is 32.2. The van der Waals surface area contributed by atoms with Gasteiger partial charge in [-0.15, -0.1) is 0 Å². The largest absolute Gasteiger partial charge is 0.334 e. The van der Waals surface area contributed by atoms with Crippen molar-refractivity contribution in [3.8, 4) is 0 Å². The van der Waals surface area contributed by atoms with Crippen LogP contribution >= 0.6 is 0 Å². The van der Waals surface area contributed by atoms with E-state index in [0.29, 0.717) is 34.9 Å². The van der Waals surface area contributed by atoms with E-state index in [2.05, 4.69) is 16.4 Å². The van der Waals surface area contributed by atoms with E-state index < -0.39 is 9.84 Å². The normalized spacial score (nSPS) is 15.4. The molecule has 0 bridgehead atoms. The number of fused-ring (bicyclic) bond motifs is 1. The Morgan fingerprint density at radius 1 is 0.971 bits per heavy atom. The predicted octanol–water partition coefficient (Wildman–Crippen LogP) is 3.65. The standard InChI is InChI=1S/C27H27N3O4S/c31-26(15-19-7-10-24(11-8-19)35(33,34)18-20-5-6-20)29-25-12-9-22(16-28-25)27(32)30-14-13-21-3-1-2-4-23(21)17-30/h1-4,7-12,16,20H,5-6,13-15,17-18H2,(H,28,29,31). The molecule has 1 fully saturated rings. The summed E-state index contributed by atoms with van der Waals surface area (Å²) in [5.74, 6) is 0.497. The Hall–Kier alpha value is -3.52. The highest BCUT2D eigenvalue weighted by molar-refractivity contribution is 7.91. The summed E-state index contributed by atoms with van der Waals surface area (Å²) in [6, 6.07) is 17.9. The van der Waals surface area contributed by atoms with E-state index in [9.17, 15) is 18.0 Å². The molecule has 35 heavy (non-hydrogen) atoms. The van der Waals surface area contributed by atoms with Crippen LogP contribution < -0.4 is 5.32 Å². The molecule has 0 spiro atoms. The number of hydrogen-bond donors (Lipinski definition) is 1. The van der Waals surface area contributed by atoms with Gasteiger partial charge in [0, 0.05) is 19.3 Å². The van der Waals surface area contributed by atoms with E-state index in [0.717, 1.165) is 24.8 Å². The first-order valence-electron chi connectivity index (χ1n) is 11.8. The Kier molecular flexibility index (Phi) is 6.38. The van der Waals surface area contributed by atoms with Gasteiger partial charge in [-0.1, -0.05) is 36.4 Å². The minimum atomic E-state index is -3.27. The van der Waals surface area contributed by atoms with Crippen LogP contribution in [0.25, 0.3) is 0 Å². The van der Waals surface area contributed by atoms with Crippen LogP contribution in [0.1, 0.15) is 39.9 Å². The first kappa shape index (κ1) is 23.2. The zero-order valence-electron chi connectivity index (χ0n) is 19.3. The predicted molar refractivity (Wildman–Crippen MR) is 133 cm³/mol. The zero-order valence-corrected chi connectivity index (χ0v) is 20.1. The van der Waals surface area contributed by atoms with Gasteiger partial charge in [0.2, 0.25) is 5.91 Å². The topological polar surface area (TPSA) is 96.4 Å². The summed E-state index contributed by atoms with van der Waals surface area (Å²) in [7, 11) is -3.27. The number of aromatic nitrogens is 1. The van der Waals surface area contributed by atoms with Crippen LogP contribution in [-0.2, 0) is 34.0 Å². The number of hydrogen-bond acceptors (Lipinski definition) is 5. The van der Waals surface area contributed by atoms with Gasteiger partial charge in [0.25, 0.3) is 5.91 Å². The number of carbonyl (C=O) groups is 2. The molecule has 1 N–H and O–H groups in total. The minimum Gasteiger partial charge on any atom is -0.334 e. The van der Waals surface area contributed by atoms with Crippen LogP contribution in [0.15, 0.2) is 71.8 Å². The van der Waals surface area contributed by atoms with Gasteiger partial charge in [-0.05, 0) is 66.1 Å². The molecule has 180 valence electrons. The van der Waals surface area contributed by atoms with Crippen molar-refractivity contribution in [1.82, 2.24) is 9.88 Å². The molecular weight excluding hydrogens is 462 g/mol. The number of carbonyl (C=O) groups excluding carboxylic acids is 2. The van der Waals surface area contributed by atoms with E-state index in [1.54, 1.807) is 36.4 Å². The Bertz CT molecular complexity index is 1350. The van der Waals surface area contributed by atoms with E-state index >= 15 is 0 Å². The molecule has 1 aliphatic heterocycles. The minimum absolute atomic E-state index is 0.0818. The molecular formula is C27H27N3O4S. The first-order chi connectivity index (χ1) is 16.9. The summed E-state index contributed by atoms with van der Waals surface area (Å²) in [5.41, 5.74) is 3.63. The number of rotatable bonds is 7. The molecule has 3 aromatic rings. The Balaban J connectivity index is 1.16. The van der Waals surface area contributed by atoms with Crippen molar-refractivity contribution in [1.29, 1.82) is 0 Å². The van der Waals surface area contributed by atoms with E-state index in [-0.39, 0.29) is 29.9 Å². The number of anilines is 1. The van der Waals surface area contributed by atoms with Gasteiger partial charge in [0.15, 0.2) is 9.84 Å². The van der Waals surface area contributed by atoms with E-state index in [1.807, 2.05) is 23.1 Å². The third-order valence-electron chi connectivity index (χ3n) is 6.49. The summed E-state index contributed by atoms with van der Waals surface area (Å²) in [6.45, 7) is 1.24. The lowest BCUT2D eigenvalue weighted by molar-refractivity contribution is -0.115. The number of sulfone groups is 1. The third-order valence-corrected chi connectivity index (χ3v) is 8.40. The van der Waals surface area contributed by atoms with Gasteiger partial charge >= 0.3 is 0 Å². The second-order valence-corrected chi connectivity index (χ2v) is 11.3. The summed E-state index contributed by atoms with van der Waals surface area (Å²) >= 11 is 0. The maximum atomic E-state index is 12.9. The fraction of sp³-hybridized carbons (Fsp3) is 0.296. The van der Waals surface area contributed by atoms with Gasteiger partial charge in [-0.2, -0.15) is 0 Å². The van der Waals surface area contributed by atoms with Crippen LogP contribution in [0.5, 0.6) is 0 Å². The van der Waals surface area contributed by atoms with Crippen molar-refractivity contribution in [2.24, 2.45) is 5.92 Å². The average molecular weight is 490 g/mol. The molecule has 0 radical (unpaired) electrons. The Labute approximate surface area is 205 Å². The van der Waals surface area contributed by atoms with Gasteiger partial charge in [-0.3, -0.25) is 9.59 Å². The molecule has 0 saturated heterocycles. The summed E-state index contributed by atoms with van der Waals surface area (Å²) in [5, 5.41) is 2.74. The van der Waals surface area contributed by atoms with Crippen LogP contribution in [0.4, 0.5) is 5.82 Å². The lowest BCUT2D eigenvalue weighted by atomic mass is 9.99. The summed E-state index contributed by atoms with van der Waals surface area (Å²) in [6.07, 6.45) is 4.37. The van der Waals surface area contributed by atoms with Crippen molar-refractivity contribution in [3.63, 3.8) is 0 Å². The number of benzene rings is 2. The SMILES string of the molecule is O=C(Cc1ccc(S(=O)(=O)CC2CC2)cc1)Nc1ccc(C(=O)N2CCc3ccccc3C2)cn1. The summed E-state index contributed by atoms with van der Waals surface area (Å²) < 4.78 is 24.7. The number of pyridine rings is 1. The lowest BCUT2D eigenvalue weighted by Crippen LogP contribution is -2.36. The fourth-order valence-electron chi connectivity index (χ4n) is 4.32. The third kappa shape index (κ3) is 5.59. The molecule has 2 aliphatic rings. The highest BCUT2D eigenvalue weighted by Gasteiger charge is 2.29. The molecule has 1 aliphatic carbocycles.